The maximum atomic E-state index is 11.1. The third-order valence-corrected chi connectivity index (χ3v) is 4.25. The van der Waals surface area contributed by atoms with Gasteiger partial charge in [0.15, 0.2) is 0 Å². The van der Waals surface area contributed by atoms with Crippen LogP contribution in [0.3, 0.4) is 0 Å². The molecule has 2 rings (SSSR count). The van der Waals surface area contributed by atoms with Crippen LogP contribution in [0.15, 0.2) is 35.4 Å². The zero-order chi connectivity index (χ0) is 18.2. The molecule has 136 valence electrons. The first-order valence-corrected chi connectivity index (χ1v) is 8.28. The molecule has 0 saturated carbocycles. The molecule has 0 aliphatic carbocycles. The first-order chi connectivity index (χ1) is 12.1. The van der Waals surface area contributed by atoms with Crippen molar-refractivity contribution < 1.29 is 23.7 Å². The highest BCUT2D eigenvalue weighted by atomic mass is 32.1. The summed E-state index contributed by atoms with van der Waals surface area (Å²) in [5.74, 6) is -0.423. The van der Waals surface area contributed by atoms with Gasteiger partial charge in [0.1, 0.15) is 30.3 Å². The molecule has 25 heavy (non-hydrogen) atoms. The number of nitrogens with zero attached hydrogens (tertiary/aromatic N) is 3. The molecular formula is C16H21N3O5S. The Morgan fingerprint density at radius 1 is 1.36 bits per heavy atom. The van der Waals surface area contributed by atoms with E-state index in [1.165, 1.54) is 14.0 Å². The standard InChI is InChI=1S/C16H21N3O5S/c1-10(20)22-9-12-14(21-2)15(13(18-19-17)16(25)24-12)23-8-11-6-4-3-5-7-11/h3-7,12-16,25H,8-9H2,1-2H3/t12-,13+,14-,15-,16+/m1/s1. The van der Waals surface area contributed by atoms with Gasteiger partial charge in [0.05, 0.1) is 12.7 Å². The maximum Gasteiger partial charge on any atom is 0.302 e. The molecule has 1 heterocycles. The molecule has 1 aromatic rings. The van der Waals surface area contributed by atoms with Gasteiger partial charge in [0.2, 0.25) is 0 Å². The second-order valence-corrected chi connectivity index (χ2v) is 6.03. The van der Waals surface area contributed by atoms with Crippen molar-refractivity contribution in [1.29, 1.82) is 0 Å². The van der Waals surface area contributed by atoms with Crippen LogP contribution in [-0.2, 0) is 30.3 Å². The second-order valence-electron chi connectivity index (χ2n) is 5.52. The third-order valence-electron chi connectivity index (χ3n) is 3.83. The van der Waals surface area contributed by atoms with Gasteiger partial charge < -0.3 is 18.9 Å². The topological polar surface area (TPSA) is 103 Å². The predicted octanol–water partition coefficient (Wildman–Crippen LogP) is 2.48. The zero-order valence-electron chi connectivity index (χ0n) is 14.0. The minimum Gasteiger partial charge on any atom is -0.463 e. The molecule has 0 N–H and O–H groups in total. The summed E-state index contributed by atoms with van der Waals surface area (Å²) in [6, 6.07) is 8.91. The molecule has 0 unspecified atom stereocenters. The van der Waals surface area contributed by atoms with E-state index in [2.05, 4.69) is 22.7 Å². The molecule has 1 aliphatic rings. The van der Waals surface area contributed by atoms with Crippen LogP contribution in [0.4, 0.5) is 0 Å². The number of rotatable bonds is 7. The Hall–Kier alpha value is -1.77. The highest BCUT2D eigenvalue weighted by Gasteiger charge is 2.46. The van der Waals surface area contributed by atoms with Crippen LogP contribution in [0.1, 0.15) is 12.5 Å². The van der Waals surface area contributed by atoms with Crippen LogP contribution < -0.4 is 0 Å². The minimum absolute atomic E-state index is 0.000908. The summed E-state index contributed by atoms with van der Waals surface area (Å²) in [4.78, 5) is 13.9. The molecule has 1 aromatic carbocycles. The number of benzene rings is 1. The van der Waals surface area contributed by atoms with Crippen LogP contribution in [0.5, 0.6) is 0 Å². The van der Waals surface area contributed by atoms with Gasteiger partial charge in [0.25, 0.3) is 0 Å². The lowest BCUT2D eigenvalue weighted by Gasteiger charge is -2.42. The Morgan fingerprint density at radius 2 is 2.08 bits per heavy atom. The van der Waals surface area contributed by atoms with Gasteiger partial charge in [-0.3, -0.25) is 4.79 Å². The number of ether oxygens (including phenoxy) is 4. The van der Waals surface area contributed by atoms with Gasteiger partial charge in [-0.05, 0) is 11.1 Å². The fourth-order valence-corrected chi connectivity index (χ4v) is 3.05. The summed E-state index contributed by atoms with van der Waals surface area (Å²) >= 11 is 4.35. The Morgan fingerprint density at radius 3 is 2.68 bits per heavy atom. The van der Waals surface area contributed by atoms with E-state index in [9.17, 15) is 4.79 Å². The first-order valence-electron chi connectivity index (χ1n) is 7.76. The molecule has 1 saturated heterocycles. The van der Waals surface area contributed by atoms with Crippen molar-refractivity contribution in [2.75, 3.05) is 13.7 Å². The smallest absolute Gasteiger partial charge is 0.302 e. The van der Waals surface area contributed by atoms with E-state index in [-0.39, 0.29) is 6.61 Å². The summed E-state index contributed by atoms with van der Waals surface area (Å²) in [6.07, 6.45) is -1.76. The molecular weight excluding hydrogens is 346 g/mol. The van der Waals surface area contributed by atoms with Gasteiger partial charge in [-0.2, -0.15) is 0 Å². The van der Waals surface area contributed by atoms with E-state index >= 15 is 0 Å². The van der Waals surface area contributed by atoms with Gasteiger partial charge in [-0.25, -0.2) is 0 Å². The predicted molar refractivity (Wildman–Crippen MR) is 93.0 cm³/mol. The lowest BCUT2D eigenvalue weighted by atomic mass is 9.98. The first kappa shape index (κ1) is 19.6. The van der Waals surface area contributed by atoms with Gasteiger partial charge >= 0.3 is 5.97 Å². The average Bonchev–Trinajstić information content (AvgIpc) is 2.61. The van der Waals surface area contributed by atoms with Crippen LogP contribution >= 0.6 is 12.6 Å². The lowest BCUT2D eigenvalue weighted by Crippen LogP contribution is -2.58. The number of carbonyl (C=O) groups excluding carboxylic acids is 1. The largest absolute Gasteiger partial charge is 0.463 e. The second kappa shape index (κ2) is 9.65. The molecule has 0 spiro atoms. The Labute approximate surface area is 151 Å². The number of thiol groups is 1. The summed E-state index contributed by atoms with van der Waals surface area (Å²) < 4.78 is 22.2. The number of methoxy groups -OCH3 is 1. The van der Waals surface area contributed by atoms with E-state index in [1.807, 2.05) is 30.3 Å². The van der Waals surface area contributed by atoms with Gasteiger partial charge in [0, 0.05) is 18.9 Å². The number of hydrogen-bond acceptors (Lipinski definition) is 7. The van der Waals surface area contributed by atoms with Crippen LogP contribution in [0.2, 0.25) is 0 Å². The average molecular weight is 367 g/mol. The van der Waals surface area contributed by atoms with Crippen molar-refractivity contribution >= 4 is 18.6 Å². The van der Waals surface area contributed by atoms with Crippen LogP contribution in [0.25, 0.3) is 10.4 Å². The van der Waals surface area contributed by atoms with Crippen molar-refractivity contribution in [2.24, 2.45) is 5.11 Å². The maximum absolute atomic E-state index is 11.1. The Balaban J connectivity index is 2.17. The Bertz CT molecular complexity index is 611. The molecule has 0 amide bonds. The molecule has 1 aliphatic heterocycles. The quantitative estimate of drug-likeness (QED) is 0.262. The monoisotopic (exact) mass is 367 g/mol. The molecule has 9 heteroatoms. The zero-order valence-corrected chi connectivity index (χ0v) is 14.9. The molecule has 1 fully saturated rings. The molecule has 0 radical (unpaired) electrons. The van der Waals surface area contributed by atoms with E-state index in [4.69, 9.17) is 24.5 Å². The van der Waals surface area contributed by atoms with Crippen LogP contribution in [0, 0.1) is 0 Å². The summed E-state index contributed by atoms with van der Waals surface area (Å²) in [7, 11) is 1.50. The fraction of sp³-hybridized carbons (Fsp3) is 0.562. The summed E-state index contributed by atoms with van der Waals surface area (Å²) in [5.41, 5.74) is 9.11. The molecule has 5 atom stereocenters. The summed E-state index contributed by atoms with van der Waals surface area (Å²) in [5, 5.41) is 3.75. The highest BCUT2D eigenvalue weighted by molar-refractivity contribution is 7.80. The minimum atomic E-state index is -0.705. The third kappa shape index (κ3) is 5.35. The van der Waals surface area contributed by atoms with Crippen molar-refractivity contribution in [3.63, 3.8) is 0 Å². The van der Waals surface area contributed by atoms with Crippen molar-refractivity contribution in [3.05, 3.63) is 46.3 Å². The number of hydrogen-bond donors (Lipinski definition) is 1. The van der Waals surface area contributed by atoms with E-state index in [0.29, 0.717) is 6.61 Å². The number of esters is 1. The summed E-state index contributed by atoms with van der Waals surface area (Å²) in [6.45, 7) is 1.62. The van der Waals surface area contributed by atoms with Crippen molar-refractivity contribution in [2.45, 2.75) is 43.3 Å². The molecule has 0 bridgehead atoms. The van der Waals surface area contributed by atoms with E-state index < -0.39 is 35.8 Å². The van der Waals surface area contributed by atoms with Gasteiger partial charge in [-0.15, -0.1) is 12.6 Å². The highest BCUT2D eigenvalue weighted by Crippen LogP contribution is 2.30. The Kier molecular flexibility index (Phi) is 7.54. The fourth-order valence-electron chi connectivity index (χ4n) is 2.67. The van der Waals surface area contributed by atoms with Crippen LogP contribution in [-0.4, -0.2) is 49.5 Å². The molecule has 8 nitrogen and oxygen atoms in total. The number of carbonyl (C=O) groups is 1. The lowest BCUT2D eigenvalue weighted by molar-refractivity contribution is -0.200. The van der Waals surface area contributed by atoms with E-state index in [1.54, 1.807) is 0 Å². The van der Waals surface area contributed by atoms with Crippen molar-refractivity contribution in [1.82, 2.24) is 0 Å². The van der Waals surface area contributed by atoms with Gasteiger partial charge in [-0.1, -0.05) is 35.4 Å². The SMILES string of the molecule is CO[C@H]1[C@H](OCc2ccccc2)[C@H](N=[N+]=[N-])[C@H](S)O[C@@H]1COC(C)=O. The van der Waals surface area contributed by atoms with E-state index in [0.717, 1.165) is 5.56 Å². The molecule has 0 aromatic heterocycles. The number of azide groups is 1. The normalized spacial score (nSPS) is 28.8. The van der Waals surface area contributed by atoms with Crippen molar-refractivity contribution in [3.8, 4) is 0 Å².